The molecule has 1 fully saturated rings. The van der Waals surface area contributed by atoms with Gasteiger partial charge in [0.05, 0.1) is 10.6 Å². The SMILES string of the molecule is Cc1nccnc1C(=O)NCCc1ccc(S(=O)(=O)NC(=O)NC2CCCCC2)cc1. The summed E-state index contributed by atoms with van der Waals surface area (Å²) in [7, 11) is -3.95. The number of urea groups is 1. The van der Waals surface area contributed by atoms with Gasteiger partial charge in [0.2, 0.25) is 0 Å². The molecule has 10 heteroatoms. The zero-order chi connectivity index (χ0) is 22.3. The fraction of sp³-hybridized carbons (Fsp3) is 0.429. The quantitative estimate of drug-likeness (QED) is 0.598. The van der Waals surface area contributed by atoms with E-state index in [1.807, 2.05) is 0 Å². The second kappa shape index (κ2) is 10.3. The Kier molecular flexibility index (Phi) is 7.56. The van der Waals surface area contributed by atoms with Gasteiger partial charge >= 0.3 is 6.03 Å². The van der Waals surface area contributed by atoms with E-state index in [0.717, 1.165) is 37.7 Å². The number of carbonyl (C=O) groups is 2. The molecule has 0 unspecified atom stereocenters. The number of hydrogen-bond acceptors (Lipinski definition) is 6. The molecule has 3 N–H and O–H groups in total. The number of amides is 3. The first-order valence-corrected chi connectivity index (χ1v) is 11.8. The number of benzene rings is 1. The predicted molar refractivity (Wildman–Crippen MR) is 115 cm³/mol. The van der Waals surface area contributed by atoms with E-state index < -0.39 is 16.1 Å². The summed E-state index contributed by atoms with van der Waals surface area (Å²) in [6, 6.07) is 5.53. The molecule has 31 heavy (non-hydrogen) atoms. The standard InChI is InChI=1S/C21H27N5O4S/c1-15-19(23-14-13-22-15)20(27)24-12-11-16-7-9-18(10-8-16)31(29,30)26-21(28)25-17-5-3-2-4-6-17/h7-10,13-14,17H,2-6,11-12H2,1H3,(H,24,27)(H2,25,26,28). The lowest BCUT2D eigenvalue weighted by Gasteiger charge is -2.22. The van der Waals surface area contributed by atoms with Gasteiger partial charge in [0, 0.05) is 25.0 Å². The lowest BCUT2D eigenvalue weighted by Crippen LogP contribution is -2.45. The smallest absolute Gasteiger partial charge is 0.328 e. The largest absolute Gasteiger partial charge is 0.350 e. The number of aryl methyl sites for hydroxylation is 1. The van der Waals surface area contributed by atoms with Crippen LogP contribution < -0.4 is 15.4 Å². The zero-order valence-electron chi connectivity index (χ0n) is 17.4. The van der Waals surface area contributed by atoms with Gasteiger partial charge in [-0.15, -0.1) is 0 Å². The maximum atomic E-state index is 12.4. The van der Waals surface area contributed by atoms with Crippen molar-refractivity contribution in [2.45, 2.75) is 56.4 Å². The zero-order valence-corrected chi connectivity index (χ0v) is 18.2. The molecule has 9 nitrogen and oxygen atoms in total. The molecule has 0 bridgehead atoms. The van der Waals surface area contributed by atoms with Crippen LogP contribution in [0.1, 0.15) is 53.8 Å². The summed E-state index contributed by atoms with van der Waals surface area (Å²) in [5.41, 5.74) is 1.68. The first-order valence-electron chi connectivity index (χ1n) is 10.3. The number of carbonyl (C=O) groups excluding carboxylic acids is 2. The van der Waals surface area contributed by atoms with E-state index in [0.29, 0.717) is 18.7 Å². The van der Waals surface area contributed by atoms with Crippen LogP contribution in [0.3, 0.4) is 0 Å². The highest BCUT2D eigenvalue weighted by atomic mass is 32.2. The molecular weight excluding hydrogens is 418 g/mol. The molecule has 0 radical (unpaired) electrons. The highest BCUT2D eigenvalue weighted by molar-refractivity contribution is 7.90. The molecule has 1 aliphatic rings. The van der Waals surface area contributed by atoms with Crippen LogP contribution in [0.5, 0.6) is 0 Å². The lowest BCUT2D eigenvalue weighted by atomic mass is 9.96. The molecule has 3 rings (SSSR count). The van der Waals surface area contributed by atoms with E-state index in [1.54, 1.807) is 19.1 Å². The van der Waals surface area contributed by atoms with E-state index in [2.05, 4.69) is 25.3 Å². The highest BCUT2D eigenvalue weighted by Gasteiger charge is 2.21. The van der Waals surface area contributed by atoms with E-state index in [-0.39, 0.29) is 22.5 Å². The van der Waals surface area contributed by atoms with Gasteiger partial charge in [0.15, 0.2) is 0 Å². The number of aromatic nitrogens is 2. The third kappa shape index (κ3) is 6.48. The Morgan fingerprint density at radius 1 is 1.03 bits per heavy atom. The predicted octanol–water partition coefficient (Wildman–Crippen LogP) is 2.08. The van der Waals surface area contributed by atoms with E-state index in [9.17, 15) is 18.0 Å². The molecule has 3 amide bonds. The first-order chi connectivity index (χ1) is 14.8. The monoisotopic (exact) mass is 445 g/mol. The van der Waals surface area contributed by atoms with E-state index >= 15 is 0 Å². The molecule has 1 aromatic carbocycles. The maximum absolute atomic E-state index is 12.4. The fourth-order valence-corrected chi connectivity index (χ4v) is 4.43. The van der Waals surface area contributed by atoms with Crippen molar-refractivity contribution in [2.75, 3.05) is 6.54 Å². The summed E-state index contributed by atoms with van der Waals surface area (Å²) in [4.78, 5) is 32.3. The van der Waals surface area contributed by atoms with Crippen molar-refractivity contribution in [1.29, 1.82) is 0 Å². The van der Waals surface area contributed by atoms with Gasteiger partial charge in [-0.2, -0.15) is 0 Å². The summed E-state index contributed by atoms with van der Waals surface area (Å²) in [5.74, 6) is -0.307. The average molecular weight is 446 g/mol. The van der Waals surface area contributed by atoms with Gasteiger partial charge in [0.1, 0.15) is 5.69 Å². The molecule has 166 valence electrons. The minimum atomic E-state index is -3.95. The molecule has 0 aliphatic heterocycles. The molecule has 1 aliphatic carbocycles. The number of rotatable bonds is 7. The van der Waals surface area contributed by atoms with Gasteiger partial charge in [-0.3, -0.25) is 9.78 Å². The van der Waals surface area contributed by atoms with Crippen molar-refractivity contribution in [2.24, 2.45) is 0 Å². The van der Waals surface area contributed by atoms with Gasteiger partial charge in [-0.05, 0) is 43.9 Å². The van der Waals surface area contributed by atoms with Gasteiger partial charge in [-0.1, -0.05) is 31.4 Å². The van der Waals surface area contributed by atoms with Crippen molar-refractivity contribution < 1.29 is 18.0 Å². The highest BCUT2D eigenvalue weighted by Crippen LogP contribution is 2.17. The molecule has 1 saturated carbocycles. The maximum Gasteiger partial charge on any atom is 0.328 e. The number of nitrogens with one attached hydrogen (secondary N) is 3. The van der Waals surface area contributed by atoms with Crippen molar-refractivity contribution in [3.05, 3.63) is 53.6 Å². The topological polar surface area (TPSA) is 130 Å². The molecule has 2 aromatic rings. The van der Waals surface area contributed by atoms with Crippen LogP contribution in [0, 0.1) is 6.92 Å². The van der Waals surface area contributed by atoms with Crippen LogP contribution in [-0.4, -0.2) is 42.9 Å². The summed E-state index contributed by atoms with van der Waals surface area (Å²) < 4.78 is 27.0. The van der Waals surface area contributed by atoms with Crippen LogP contribution in [0.4, 0.5) is 4.79 Å². The normalized spacial score (nSPS) is 14.6. The van der Waals surface area contributed by atoms with E-state index in [1.165, 1.54) is 24.5 Å². The fourth-order valence-electron chi connectivity index (χ4n) is 3.51. The van der Waals surface area contributed by atoms with Crippen LogP contribution >= 0.6 is 0 Å². The number of nitrogens with zero attached hydrogens (tertiary/aromatic N) is 2. The lowest BCUT2D eigenvalue weighted by molar-refractivity contribution is 0.0948. The Morgan fingerprint density at radius 2 is 1.71 bits per heavy atom. The summed E-state index contributed by atoms with van der Waals surface area (Å²) in [6.07, 6.45) is 8.47. The van der Waals surface area contributed by atoms with Crippen molar-refractivity contribution in [3.8, 4) is 0 Å². The summed E-state index contributed by atoms with van der Waals surface area (Å²) in [5, 5.41) is 5.51. The molecule has 0 atom stereocenters. The van der Waals surface area contributed by atoms with Gasteiger partial charge in [0.25, 0.3) is 15.9 Å². The Hall–Kier alpha value is -3.01. The third-order valence-corrected chi connectivity index (χ3v) is 6.54. The Balaban J connectivity index is 1.50. The van der Waals surface area contributed by atoms with Gasteiger partial charge < -0.3 is 10.6 Å². The number of sulfonamides is 1. The second-order valence-electron chi connectivity index (χ2n) is 7.55. The summed E-state index contributed by atoms with van der Waals surface area (Å²) in [6.45, 7) is 2.08. The number of hydrogen-bond donors (Lipinski definition) is 3. The Labute approximate surface area is 182 Å². The third-order valence-electron chi connectivity index (χ3n) is 5.20. The van der Waals surface area contributed by atoms with E-state index in [4.69, 9.17) is 0 Å². The van der Waals surface area contributed by atoms with Crippen molar-refractivity contribution in [3.63, 3.8) is 0 Å². The Bertz CT molecular complexity index is 1020. The Morgan fingerprint density at radius 3 is 2.39 bits per heavy atom. The van der Waals surface area contributed by atoms with Crippen molar-refractivity contribution >= 4 is 22.0 Å². The minimum Gasteiger partial charge on any atom is -0.350 e. The molecule has 1 heterocycles. The minimum absolute atomic E-state index is 0.00858. The first kappa shape index (κ1) is 22.7. The van der Waals surface area contributed by atoms with Gasteiger partial charge in [-0.25, -0.2) is 22.9 Å². The second-order valence-corrected chi connectivity index (χ2v) is 9.24. The molecule has 0 saturated heterocycles. The van der Waals surface area contributed by atoms with Crippen LogP contribution in [0.25, 0.3) is 0 Å². The molecule has 1 aromatic heterocycles. The van der Waals surface area contributed by atoms with Crippen LogP contribution in [-0.2, 0) is 16.4 Å². The van der Waals surface area contributed by atoms with Crippen LogP contribution in [0.15, 0.2) is 41.6 Å². The van der Waals surface area contributed by atoms with Crippen molar-refractivity contribution in [1.82, 2.24) is 25.3 Å². The summed E-state index contributed by atoms with van der Waals surface area (Å²) >= 11 is 0. The molecule has 0 spiro atoms. The average Bonchev–Trinajstić information content (AvgIpc) is 2.74. The van der Waals surface area contributed by atoms with Crippen LogP contribution in [0.2, 0.25) is 0 Å². The molecular formula is C21H27N5O4S.